The van der Waals surface area contributed by atoms with Crippen LogP contribution in [-0.4, -0.2) is 15.7 Å². The van der Waals surface area contributed by atoms with Gasteiger partial charge in [-0.3, -0.25) is 9.48 Å². The van der Waals surface area contributed by atoms with Gasteiger partial charge in [-0.25, -0.2) is 4.39 Å². The lowest BCUT2D eigenvalue weighted by atomic mass is 10.1. The maximum Gasteiger partial charge on any atom is 0.256 e. The van der Waals surface area contributed by atoms with Gasteiger partial charge in [0.2, 0.25) is 0 Å². The van der Waals surface area contributed by atoms with Crippen molar-refractivity contribution < 1.29 is 13.9 Å². The number of benzene rings is 3. The molecule has 162 valence electrons. The summed E-state index contributed by atoms with van der Waals surface area (Å²) in [6, 6.07) is 20.9. The summed E-state index contributed by atoms with van der Waals surface area (Å²) in [5.41, 5.74) is 2.99. The molecule has 0 fully saturated rings. The standard InChI is InChI=1S/C25H21ClFN3O2/c1-17-6-11-21(26)23(14-17)32-16-18-7-9-19(10-8-18)25(31)28-24-12-13-30(29-24)15-20-4-2-3-5-22(20)27/h2-14H,15-16H2,1H3,(H,28,29,31). The second-order valence-corrected chi connectivity index (χ2v) is 7.77. The molecule has 1 N–H and O–H groups in total. The van der Waals surface area contributed by atoms with E-state index in [-0.39, 0.29) is 18.3 Å². The highest BCUT2D eigenvalue weighted by Crippen LogP contribution is 2.26. The summed E-state index contributed by atoms with van der Waals surface area (Å²) >= 11 is 6.16. The molecule has 1 heterocycles. The summed E-state index contributed by atoms with van der Waals surface area (Å²) in [5, 5.41) is 7.61. The highest BCUT2D eigenvalue weighted by Gasteiger charge is 2.10. The summed E-state index contributed by atoms with van der Waals surface area (Å²) in [6.45, 7) is 2.59. The number of hydrogen-bond donors (Lipinski definition) is 1. The van der Waals surface area contributed by atoms with Gasteiger partial charge in [0, 0.05) is 23.4 Å². The van der Waals surface area contributed by atoms with E-state index in [0.717, 1.165) is 11.1 Å². The van der Waals surface area contributed by atoms with Crippen LogP contribution in [0.1, 0.15) is 27.0 Å². The first-order valence-corrected chi connectivity index (χ1v) is 10.4. The van der Waals surface area contributed by atoms with Crippen LogP contribution in [0.5, 0.6) is 5.75 Å². The molecule has 5 nitrogen and oxygen atoms in total. The SMILES string of the molecule is Cc1ccc(Cl)c(OCc2ccc(C(=O)Nc3ccn(Cc4ccccc4F)n3)cc2)c1. The highest BCUT2D eigenvalue weighted by molar-refractivity contribution is 6.32. The number of carbonyl (C=O) groups excluding carboxylic acids is 1. The van der Waals surface area contributed by atoms with E-state index >= 15 is 0 Å². The zero-order chi connectivity index (χ0) is 22.5. The first kappa shape index (κ1) is 21.6. The molecule has 32 heavy (non-hydrogen) atoms. The van der Waals surface area contributed by atoms with Crippen LogP contribution >= 0.6 is 11.6 Å². The quantitative estimate of drug-likeness (QED) is 0.384. The first-order chi connectivity index (χ1) is 15.5. The van der Waals surface area contributed by atoms with E-state index in [1.807, 2.05) is 31.2 Å². The van der Waals surface area contributed by atoms with Crippen molar-refractivity contribution in [2.45, 2.75) is 20.1 Å². The Morgan fingerprint density at radius 1 is 1.09 bits per heavy atom. The summed E-state index contributed by atoms with van der Waals surface area (Å²) in [4.78, 5) is 12.5. The van der Waals surface area contributed by atoms with E-state index < -0.39 is 0 Å². The number of aryl methyl sites for hydroxylation is 1. The fraction of sp³-hybridized carbons (Fsp3) is 0.120. The molecular formula is C25H21ClFN3O2. The van der Waals surface area contributed by atoms with Gasteiger partial charge in [0.1, 0.15) is 18.2 Å². The molecule has 0 aliphatic rings. The molecule has 4 rings (SSSR count). The average molecular weight is 450 g/mol. The summed E-state index contributed by atoms with van der Waals surface area (Å²) < 4.78 is 21.2. The minimum Gasteiger partial charge on any atom is -0.487 e. The zero-order valence-electron chi connectivity index (χ0n) is 17.4. The lowest BCUT2D eigenvalue weighted by Gasteiger charge is -2.09. The molecule has 0 unspecified atom stereocenters. The van der Waals surface area contributed by atoms with E-state index in [2.05, 4.69) is 10.4 Å². The fourth-order valence-corrected chi connectivity index (χ4v) is 3.31. The molecular weight excluding hydrogens is 429 g/mol. The molecule has 0 saturated carbocycles. The molecule has 4 aromatic rings. The lowest BCUT2D eigenvalue weighted by molar-refractivity contribution is 0.102. The molecule has 1 aromatic heterocycles. The normalized spacial score (nSPS) is 10.7. The van der Waals surface area contributed by atoms with Crippen LogP contribution in [0, 0.1) is 12.7 Å². The van der Waals surface area contributed by atoms with Gasteiger partial charge >= 0.3 is 0 Å². The molecule has 0 aliphatic heterocycles. The topological polar surface area (TPSA) is 56.1 Å². The molecule has 7 heteroatoms. The Morgan fingerprint density at radius 2 is 1.88 bits per heavy atom. The number of aromatic nitrogens is 2. The molecule has 0 radical (unpaired) electrons. The third-order valence-corrected chi connectivity index (χ3v) is 5.18. The minimum atomic E-state index is -0.290. The van der Waals surface area contributed by atoms with Crippen LogP contribution < -0.4 is 10.1 Å². The number of anilines is 1. The maximum absolute atomic E-state index is 13.8. The maximum atomic E-state index is 13.8. The van der Waals surface area contributed by atoms with Crippen LogP contribution in [0.2, 0.25) is 5.02 Å². The van der Waals surface area contributed by atoms with Crippen LogP contribution in [0.15, 0.2) is 79.0 Å². The van der Waals surface area contributed by atoms with E-state index in [1.54, 1.807) is 53.3 Å². The van der Waals surface area contributed by atoms with E-state index in [9.17, 15) is 9.18 Å². The number of nitrogens with zero attached hydrogens (tertiary/aromatic N) is 2. The number of amides is 1. The number of hydrogen-bond acceptors (Lipinski definition) is 3. The van der Waals surface area contributed by atoms with Gasteiger partial charge in [0.25, 0.3) is 5.91 Å². The molecule has 3 aromatic carbocycles. The molecule has 1 amide bonds. The van der Waals surface area contributed by atoms with E-state index in [0.29, 0.717) is 34.3 Å². The Morgan fingerprint density at radius 3 is 2.66 bits per heavy atom. The van der Waals surface area contributed by atoms with Crippen molar-refractivity contribution in [3.8, 4) is 5.75 Å². The summed E-state index contributed by atoms with van der Waals surface area (Å²) in [6.07, 6.45) is 1.69. The largest absolute Gasteiger partial charge is 0.487 e. The van der Waals surface area contributed by atoms with Crippen molar-refractivity contribution in [1.82, 2.24) is 9.78 Å². The predicted molar refractivity (Wildman–Crippen MR) is 123 cm³/mol. The zero-order valence-corrected chi connectivity index (χ0v) is 18.1. The molecule has 0 atom stereocenters. The van der Waals surface area contributed by atoms with Gasteiger partial charge in [-0.2, -0.15) is 5.10 Å². The van der Waals surface area contributed by atoms with Gasteiger partial charge in [0.05, 0.1) is 11.6 Å². The Labute approximate surface area is 190 Å². The third kappa shape index (κ3) is 5.34. The Bertz CT molecular complexity index is 1240. The Balaban J connectivity index is 1.34. The van der Waals surface area contributed by atoms with Gasteiger partial charge in [0.15, 0.2) is 5.82 Å². The van der Waals surface area contributed by atoms with Crippen LogP contribution in [0.25, 0.3) is 0 Å². The average Bonchev–Trinajstić information content (AvgIpc) is 3.23. The lowest BCUT2D eigenvalue weighted by Crippen LogP contribution is -2.13. The van der Waals surface area contributed by atoms with Gasteiger partial charge in [-0.1, -0.05) is 48.0 Å². The molecule has 0 bridgehead atoms. The summed E-state index contributed by atoms with van der Waals surface area (Å²) in [7, 11) is 0. The Hall–Kier alpha value is -3.64. The number of nitrogens with one attached hydrogen (secondary N) is 1. The van der Waals surface area contributed by atoms with Gasteiger partial charge in [-0.15, -0.1) is 0 Å². The number of halogens is 2. The van der Waals surface area contributed by atoms with Crippen LogP contribution in [0.4, 0.5) is 10.2 Å². The number of rotatable bonds is 7. The van der Waals surface area contributed by atoms with Crippen molar-refractivity contribution in [2.24, 2.45) is 0 Å². The Kier molecular flexibility index (Phi) is 6.52. The second-order valence-electron chi connectivity index (χ2n) is 7.36. The fourth-order valence-electron chi connectivity index (χ4n) is 3.14. The highest BCUT2D eigenvalue weighted by atomic mass is 35.5. The van der Waals surface area contributed by atoms with Crippen molar-refractivity contribution in [1.29, 1.82) is 0 Å². The molecule has 0 saturated heterocycles. The van der Waals surface area contributed by atoms with Crippen LogP contribution in [0.3, 0.4) is 0 Å². The smallest absolute Gasteiger partial charge is 0.256 e. The molecule has 0 aliphatic carbocycles. The van der Waals surface area contributed by atoms with Crippen molar-refractivity contribution >= 4 is 23.3 Å². The first-order valence-electron chi connectivity index (χ1n) is 10.0. The predicted octanol–water partition coefficient (Wildman–Crippen LogP) is 5.86. The third-order valence-electron chi connectivity index (χ3n) is 4.87. The minimum absolute atomic E-state index is 0.280. The number of carbonyl (C=O) groups is 1. The van der Waals surface area contributed by atoms with E-state index in [4.69, 9.17) is 16.3 Å². The number of ether oxygens (including phenoxy) is 1. The van der Waals surface area contributed by atoms with Crippen LogP contribution in [-0.2, 0) is 13.2 Å². The van der Waals surface area contributed by atoms with Gasteiger partial charge < -0.3 is 10.1 Å². The van der Waals surface area contributed by atoms with Crippen molar-refractivity contribution in [3.05, 3.63) is 112 Å². The van der Waals surface area contributed by atoms with E-state index in [1.165, 1.54) is 6.07 Å². The van der Waals surface area contributed by atoms with Crippen molar-refractivity contribution in [3.63, 3.8) is 0 Å². The van der Waals surface area contributed by atoms with Gasteiger partial charge in [-0.05, 0) is 48.4 Å². The van der Waals surface area contributed by atoms with Crippen molar-refractivity contribution in [2.75, 3.05) is 5.32 Å². The summed E-state index contributed by atoms with van der Waals surface area (Å²) in [5.74, 6) is 0.449. The second kappa shape index (κ2) is 9.66. The monoisotopic (exact) mass is 449 g/mol. The molecule has 0 spiro atoms.